The number of anilines is 1. The van der Waals surface area contributed by atoms with Gasteiger partial charge in [-0.15, -0.1) is 0 Å². The molecular formula is C23H19F4N3O3. The number of para-hydroxylation sites is 1. The van der Waals surface area contributed by atoms with Crippen LogP contribution in [0.3, 0.4) is 0 Å². The molecule has 0 saturated heterocycles. The molecule has 3 aromatic rings. The average Bonchev–Trinajstić information content (AvgIpc) is 2.82. The zero-order valence-corrected chi connectivity index (χ0v) is 17.6. The molecule has 1 amide bonds. The summed E-state index contributed by atoms with van der Waals surface area (Å²) >= 11 is 0. The molecule has 172 valence electrons. The number of fused-ring (bicyclic) bond motifs is 2. The Labute approximate surface area is 186 Å². The number of rotatable bonds is 5. The van der Waals surface area contributed by atoms with Crippen LogP contribution >= 0.6 is 0 Å². The molecular weight excluding hydrogens is 442 g/mol. The highest BCUT2D eigenvalue weighted by Gasteiger charge is 2.27. The Morgan fingerprint density at radius 1 is 1.12 bits per heavy atom. The zero-order chi connectivity index (χ0) is 23.7. The number of ether oxygens (including phenoxy) is 1. The van der Waals surface area contributed by atoms with Crippen LogP contribution in [0.4, 0.5) is 23.2 Å². The van der Waals surface area contributed by atoms with E-state index in [4.69, 9.17) is 4.74 Å². The van der Waals surface area contributed by atoms with Gasteiger partial charge in [0, 0.05) is 42.2 Å². The maximum Gasteiger partial charge on any atom is 0.339 e. The molecule has 4 rings (SSSR count). The lowest BCUT2D eigenvalue weighted by Gasteiger charge is -2.28. The highest BCUT2D eigenvalue weighted by atomic mass is 19.2. The van der Waals surface area contributed by atoms with Gasteiger partial charge in [-0.05, 0) is 12.6 Å². The number of hydrogen-bond donors (Lipinski definition) is 1. The second kappa shape index (κ2) is 9.14. The molecule has 0 unspecified atom stereocenters. The van der Waals surface area contributed by atoms with Gasteiger partial charge in [0.15, 0.2) is 29.9 Å². The van der Waals surface area contributed by atoms with Gasteiger partial charge in [0.2, 0.25) is 0 Å². The van der Waals surface area contributed by atoms with E-state index >= 15 is 0 Å². The average molecular weight is 461 g/mol. The van der Waals surface area contributed by atoms with Gasteiger partial charge in [0.1, 0.15) is 5.69 Å². The normalized spacial score (nSPS) is 13.6. The second-order valence-corrected chi connectivity index (χ2v) is 7.52. The molecule has 0 atom stereocenters. The molecule has 0 aliphatic carbocycles. The Morgan fingerprint density at radius 3 is 2.52 bits per heavy atom. The lowest BCUT2D eigenvalue weighted by molar-refractivity contribution is -0.119. The number of hydrogen-bond acceptors (Lipinski definition) is 5. The third-order valence-corrected chi connectivity index (χ3v) is 5.49. The van der Waals surface area contributed by atoms with Crippen molar-refractivity contribution in [2.24, 2.45) is 0 Å². The summed E-state index contributed by atoms with van der Waals surface area (Å²) in [5.74, 6) is -8.84. The third-order valence-electron chi connectivity index (χ3n) is 5.49. The lowest BCUT2D eigenvalue weighted by atomic mass is 9.96. The highest BCUT2D eigenvalue weighted by Crippen LogP contribution is 2.29. The van der Waals surface area contributed by atoms with Gasteiger partial charge in [-0.3, -0.25) is 14.7 Å². The maximum absolute atomic E-state index is 13.8. The van der Waals surface area contributed by atoms with Crippen LogP contribution in [-0.2, 0) is 22.5 Å². The summed E-state index contributed by atoms with van der Waals surface area (Å²) in [5, 5.41) is 2.26. The molecule has 0 saturated carbocycles. The van der Waals surface area contributed by atoms with Crippen molar-refractivity contribution in [1.29, 1.82) is 0 Å². The number of pyridine rings is 1. The fourth-order valence-corrected chi connectivity index (χ4v) is 3.81. The molecule has 10 heteroatoms. The highest BCUT2D eigenvalue weighted by molar-refractivity contribution is 6.06. The van der Waals surface area contributed by atoms with Crippen molar-refractivity contribution in [1.82, 2.24) is 9.88 Å². The van der Waals surface area contributed by atoms with Crippen LogP contribution < -0.4 is 5.32 Å². The Balaban J connectivity index is 1.58. The fraction of sp³-hybridized carbons (Fsp3) is 0.261. The molecule has 1 aliphatic rings. The first-order valence-corrected chi connectivity index (χ1v) is 10.2. The number of amides is 1. The van der Waals surface area contributed by atoms with E-state index in [1.807, 2.05) is 6.92 Å². The minimum atomic E-state index is -1.76. The number of nitrogens with one attached hydrogen (secondary N) is 1. The van der Waals surface area contributed by atoms with Gasteiger partial charge in [-0.2, -0.15) is 0 Å². The molecule has 2 aromatic carbocycles. The first-order valence-electron chi connectivity index (χ1n) is 10.2. The van der Waals surface area contributed by atoms with Crippen molar-refractivity contribution in [3.05, 3.63) is 70.4 Å². The number of aromatic nitrogens is 1. The molecule has 1 aliphatic heterocycles. The number of halogens is 4. The first kappa shape index (κ1) is 22.7. The van der Waals surface area contributed by atoms with E-state index in [2.05, 4.69) is 9.88 Å². The van der Waals surface area contributed by atoms with Crippen LogP contribution in [0.2, 0.25) is 0 Å². The molecule has 0 spiro atoms. The van der Waals surface area contributed by atoms with E-state index in [-0.39, 0.29) is 11.6 Å². The molecule has 0 bridgehead atoms. The Kier molecular flexibility index (Phi) is 6.28. The first-order chi connectivity index (χ1) is 15.8. The van der Waals surface area contributed by atoms with Crippen molar-refractivity contribution < 1.29 is 31.9 Å². The third kappa shape index (κ3) is 4.38. The summed E-state index contributed by atoms with van der Waals surface area (Å²) in [5.41, 5.74) is 1.01. The molecule has 1 N–H and O–H groups in total. The monoisotopic (exact) mass is 461 g/mol. The van der Waals surface area contributed by atoms with E-state index in [0.29, 0.717) is 29.4 Å². The number of benzene rings is 2. The number of esters is 1. The van der Waals surface area contributed by atoms with E-state index in [1.54, 1.807) is 29.6 Å². The topological polar surface area (TPSA) is 71.5 Å². The van der Waals surface area contributed by atoms with E-state index < -0.39 is 47.4 Å². The van der Waals surface area contributed by atoms with E-state index in [1.165, 1.54) is 0 Å². The largest absolute Gasteiger partial charge is 0.452 e. The van der Waals surface area contributed by atoms with Crippen LogP contribution in [0.1, 0.15) is 28.5 Å². The summed E-state index contributed by atoms with van der Waals surface area (Å²) in [7, 11) is 0. The number of carbonyl (C=O) groups is 2. The van der Waals surface area contributed by atoms with Crippen LogP contribution in [0.15, 0.2) is 30.3 Å². The standard InChI is InChI=1S/C23H19F4N3O3/c1-2-30-8-7-17-13(10-30)19(12-5-3-4-6-16(12)28-17)23(32)33-11-18(31)29-22-20(26)14(24)9-15(25)21(22)27/h3-6,9H,2,7-8,10-11H2,1H3,(H,29,31). The number of carbonyl (C=O) groups excluding carboxylic acids is 2. The van der Waals surface area contributed by atoms with Gasteiger partial charge in [0.25, 0.3) is 5.91 Å². The molecule has 0 radical (unpaired) electrons. The molecule has 6 nitrogen and oxygen atoms in total. The minimum Gasteiger partial charge on any atom is -0.452 e. The van der Waals surface area contributed by atoms with E-state index in [0.717, 1.165) is 18.8 Å². The summed E-state index contributed by atoms with van der Waals surface area (Å²) in [4.78, 5) is 31.9. The molecule has 1 aromatic heterocycles. The van der Waals surface area contributed by atoms with Crippen LogP contribution in [0.5, 0.6) is 0 Å². The summed E-state index contributed by atoms with van der Waals surface area (Å²) in [6, 6.07) is 7.02. The Bertz CT molecular complexity index is 1240. The van der Waals surface area contributed by atoms with Gasteiger partial charge in [-0.1, -0.05) is 25.1 Å². The molecule has 2 heterocycles. The minimum absolute atomic E-state index is 0.0254. The SMILES string of the molecule is CCN1CCc2nc3ccccc3c(C(=O)OCC(=O)Nc3c(F)c(F)cc(F)c3F)c2C1. The number of likely N-dealkylation sites (N-methyl/N-ethyl adjacent to an activating group) is 1. The maximum atomic E-state index is 13.8. The van der Waals surface area contributed by atoms with Crippen molar-refractivity contribution in [3.63, 3.8) is 0 Å². The van der Waals surface area contributed by atoms with Crippen molar-refractivity contribution in [2.45, 2.75) is 19.9 Å². The summed E-state index contributed by atoms with van der Waals surface area (Å²) in [6.45, 7) is 3.10. The van der Waals surface area contributed by atoms with Crippen LogP contribution in [-0.4, -0.2) is 41.5 Å². The predicted octanol–water partition coefficient (Wildman–Crippen LogP) is 3.96. The molecule has 0 fully saturated rings. The molecule has 33 heavy (non-hydrogen) atoms. The summed E-state index contributed by atoms with van der Waals surface area (Å²) in [6.07, 6.45) is 0.637. The van der Waals surface area contributed by atoms with Gasteiger partial charge < -0.3 is 10.1 Å². The van der Waals surface area contributed by atoms with E-state index in [9.17, 15) is 27.2 Å². The smallest absolute Gasteiger partial charge is 0.339 e. The summed E-state index contributed by atoms with van der Waals surface area (Å²) < 4.78 is 59.4. The van der Waals surface area contributed by atoms with Crippen molar-refractivity contribution in [3.8, 4) is 0 Å². The van der Waals surface area contributed by atoms with Gasteiger partial charge in [-0.25, -0.2) is 22.4 Å². The van der Waals surface area contributed by atoms with Crippen molar-refractivity contribution >= 4 is 28.5 Å². The Morgan fingerprint density at radius 2 is 1.82 bits per heavy atom. The Hall–Kier alpha value is -3.53. The quantitative estimate of drug-likeness (QED) is 0.354. The van der Waals surface area contributed by atoms with Crippen LogP contribution in [0.25, 0.3) is 10.9 Å². The van der Waals surface area contributed by atoms with Crippen LogP contribution in [0, 0.1) is 23.3 Å². The fourth-order valence-electron chi connectivity index (χ4n) is 3.81. The lowest BCUT2D eigenvalue weighted by Crippen LogP contribution is -2.32. The van der Waals surface area contributed by atoms with Crippen molar-refractivity contribution in [2.75, 3.05) is 25.0 Å². The second-order valence-electron chi connectivity index (χ2n) is 7.52. The van der Waals surface area contributed by atoms with Gasteiger partial charge >= 0.3 is 5.97 Å². The zero-order valence-electron chi connectivity index (χ0n) is 17.6. The predicted molar refractivity (Wildman–Crippen MR) is 112 cm³/mol. The van der Waals surface area contributed by atoms with Gasteiger partial charge in [0.05, 0.1) is 11.1 Å². The number of nitrogens with zero attached hydrogens (tertiary/aromatic N) is 2.